The van der Waals surface area contributed by atoms with Crippen molar-refractivity contribution in [3.63, 3.8) is 0 Å². The molecule has 8 heteroatoms. The van der Waals surface area contributed by atoms with Crippen molar-refractivity contribution in [1.82, 2.24) is 3.97 Å². The summed E-state index contributed by atoms with van der Waals surface area (Å²) in [6.45, 7) is 0. The van der Waals surface area contributed by atoms with Crippen LogP contribution < -0.4 is 5.73 Å². The molecule has 1 heterocycles. The molecule has 1 aromatic heterocycles. The van der Waals surface area contributed by atoms with Crippen molar-refractivity contribution in [3.8, 4) is 0 Å². The zero-order valence-electron chi connectivity index (χ0n) is 9.45. The third-order valence-electron chi connectivity index (χ3n) is 2.44. The van der Waals surface area contributed by atoms with Crippen molar-refractivity contribution in [1.29, 1.82) is 0 Å². The van der Waals surface area contributed by atoms with E-state index < -0.39 is 16.0 Å². The highest BCUT2D eigenvalue weighted by atomic mass is 35.5. The zero-order valence-corrected chi connectivity index (χ0v) is 11.0. The van der Waals surface area contributed by atoms with Gasteiger partial charge in [0.25, 0.3) is 10.0 Å². The van der Waals surface area contributed by atoms with Crippen LogP contribution in [0.5, 0.6) is 0 Å². The van der Waals surface area contributed by atoms with Crippen LogP contribution in [-0.2, 0) is 10.0 Å². The monoisotopic (exact) mass is 300 g/mol. The number of hydrogen-bond acceptors (Lipinski definition) is 4. The molecule has 1 aromatic carbocycles. The fourth-order valence-electron chi connectivity index (χ4n) is 1.58. The van der Waals surface area contributed by atoms with Crippen LogP contribution in [0.15, 0.2) is 41.4 Å². The molecule has 0 atom stereocenters. The molecule has 0 unspecified atom stereocenters. The molecule has 0 aliphatic heterocycles. The standard InChI is InChI=1S/C11H9ClN2O4S/c12-7-3-4-8(13)10(6-7)19(17,18)14-5-1-2-9(14)11(15)16/h1-6H,13H2,(H,15,16). The fourth-order valence-corrected chi connectivity index (χ4v) is 3.30. The molecule has 0 fully saturated rings. The largest absolute Gasteiger partial charge is 0.477 e. The fraction of sp³-hybridized carbons (Fsp3) is 0. The molecule has 0 aliphatic rings. The number of anilines is 1. The van der Waals surface area contributed by atoms with E-state index in [4.69, 9.17) is 22.4 Å². The van der Waals surface area contributed by atoms with E-state index in [0.717, 1.165) is 6.20 Å². The summed E-state index contributed by atoms with van der Waals surface area (Å²) in [5.41, 5.74) is 5.23. The molecule has 0 amide bonds. The van der Waals surface area contributed by atoms with Crippen LogP contribution >= 0.6 is 11.6 Å². The van der Waals surface area contributed by atoms with Gasteiger partial charge in [0.15, 0.2) is 0 Å². The molecule has 0 spiro atoms. The Kier molecular flexibility index (Phi) is 3.25. The molecule has 6 nitrogen and oxygen atoms in total. The Hall–Kier alpha value is -1.99. The second-order valence-corrected chi connectivity index (χ2v) is 5.90. The number of rotatable bonds is 3. The topological polar surface area (TPSA) is 102 Å². The average molecular weight is 301 g/mol. The summed E-state index contributed by atoms with van der Waals surface area (Å²) in [6.07, 6.45) is 1.14. The van der Waals surface area contributed by atoms with E-state index in [2.05, 4.69) is 0 Å². The first-order chi connectivity index (χ1) is 8.84. The Labute approximate surface area is 114 Å². The summed E-state index contributed by atoms with van der Waals surface area (Å²) in [7, 11) is -4.10. The SMILES string of the molecule is Nc1ccc(Cl)cc1S(=O)(=O)n1cccc1C(=O)O. The van der Waals surface area contributed by atoms with Gasteiger partial charge in [-0.1, -0.05) is 11.6 Å². The lowest BCUT2D eigenvalue weighted by atomic mass is 10.3. The lowest BCUT2D eigenvalue weighted by Gasteiger charge is -2.10. The maximum atomic E-state index is 12.4. The van der Waals surface area contributed by atoms with E-state index in [1.54, 1.807) is 0 Å². The number of hydrogen-bond donors (Lipinski definition) is 2. The third kappa shape index (κ3) is 2.29. The maximum Gasteiger partial charge on any atom is 0.353 e. The van der Waals surface area contributed by atoms with Gasteiger partial charge in [-0.25, -0.2) is 17.2 Å². The first kappa shape index (κ1) is 13.4. The number of benzene rings is 1. The average Bonchev–Trinajstić information content (AvgIpc) is 2.82. The number of nitrogens with zero attached hydrogens (tertiary/aromatic N) is 1. The molecule has 19 heavy (non-hydrogen) atoms. The molecule has 0 aliphatic carbocycles. The van der Waals surface area contributed by atoms with Gasteiger partial charge in [0, 0.05) is 11.2 Å². The van der Waals surface area contributed by atoms with Crippen molar-refractivity contribution in [2.45, 2.75) is 4.90 Å². The first-order valence-electron chi connectivity index (χ1n) is 5.05. The second-order valence-electron chi connectivity index (χ2n) is 3.68. The van der Waals surface area contributed by atoms with Crippen molar-refractivity contribution in [3.05, 3.63) is 47.2 Å². The quantitative estimate of drug-likeness (QED) is 0.839. The van der Waals surface area contributed by atoms with E-state index in [1.807, 2.05) is 0 Å². The molecule has 100 valence electrons. The van der Waals surface area contributed by atoms with Crippen LogP contribution in [0.4, 0.5) is 5.69 Å². The number of halogens is 1. The summed E-state index contributed by atoms with van der Waals surface area (Å²) in [6, 6.07) is 6.48. The van der Waals surface area contributed by atoms with Gasteiger partial charge in [0.1, 0.15) is 10.6 Å². The number of carboxylic acids is 1. The highest BCUT2D eigenvalue weighted by Crippen LogP contribution is 2.25. The number of aromatic nitrogens is 1. The summed E-state index contributed by atoms with van der Waals surface area (Å²) in [5.74, 6) is -1.35. The van der Waals surface area contributed by atoms with E-state index in [0.29, 0.717) is 3.97 Å². The lowest BCUT2D eigenvalue weighted by Crippen LogP contribution is -2.18. The Morgan fingerprint density at radius 2 is 2.00 bits per heavy atom. The molecule has 0 saturated carbocycles. The Morgan fingerprint density at radius 1 is 1.32 bits per heavy atom. The Bertz CT molecular complexity index is 752. The van der Waals surface area contributed by atoms with Gasteiger partial charge in [0.05, 0.1) is 5.69 Å². The lowest BCUT2D eigenvalue weighted by molar-refractivity contribution is 0.0689. The number of nitrogen functional groups attached to an aromatic ring is 1. The molecule has 2 aromatic rings. The molecule has 2 rings (SSSR count). The summed E-state index contributed by atoms with van der Waals surface area (Å²) < 4.78 is 25.4. The maximum absolute atomic E-state index is 12.4. The van der Waals surface area contributed by atoms with E-state index in [-0.39, 0.29) is 21.3 Å². The first-order valence-corrected chi connectivity index (χ1v) is 6.87. The number of nitrogens with two attached hydrogens (primary N) is 1. The highest BCUT2D eigenvalue weighted by molar-refractivity contribution is 7.90. The Balaban J connectivity index is 2.69. The van der Waals surface area contributed by atoms with Crippen LogP contribution in [0.3, 0.4) is 0 Å². The van der Waals surface area contributed by atoms with Gasteiger partial charge in [-0.2, -0.15) is 0 Å². The number of aromatic carboxylic acids is 1. The third-order valence-corrected chi connectivity index (χ3v) is 4.43. The number of carboxylic acid groups (broad SMARTS) is 1. The van der Waals surface area contributed by atoms with Crippen LogP contribution in [0.2, 0.25) is 5.02 Å². The van der Waals surface area contributed by atoms with Crippen LogP contribution in [0.1, 0.15) is 10.5 Å². The van der Waals surface area contributed by atoms with Gasteiger partial charge in [-0.15, -0.1) is 0 Å². The zero-order chi connectivity index (χ0) is 14.2. The predicted octanol–water partition coefficient (Wildman–Crippen LogP) is 1.66. The Morgan fingerprint density at radius 3 is 2.63 bits per heavy atom. The van der Waals surface area contributed by atoms with Crippen LogP contribution in [0, 0.1) is 0 Å². The van der Waals surface area contributed by atoms with Crippen molar-refractivity contribution >= 4 is 33.3 Å². The van der Waals surface area contributed by atoms with Gasteiger partial charge < -0.3 is 10.8 Å². The highest BCUT2D eigenvalue weighted by Gasteiger charge is 2.24. The number of carbonyl (C=O) groups is 1. The van der Waals surface area contributed by atoms with Gasteiger partial charge >= 0.3 is 5.97 Å². The van der Waals surface area contributed by atoms with Crippen molar-refractivity contribution < 1.29 is 18.3 Å². The van der Waals surface area contributed by atoms with E-state index in [1.165, 1.54) is 30.3 Å². The van der Waals surface area contributed by atoms with Crippen LogP contribution in [0.25, 0.3) is 0 Å². The molecule has 0 saturated heterocycles. The van der Waals surface area contributed by atoms with Crippen LogP contribution in [-0.4, -0.2) is 23.5 Å². The smallest absolute Gasteiger partial charge is 0.353 e. The van der Waals surface area contributed by atoms with Crippen molar-refractivity contribution in [2.75, 3.05) is 5.73 Å². The normalized spacial score (nSPS) is 11.4. The minimum Gasteiger partial charge on any atom is -0.477 e. The summed E-state index contributed by atoms with van der Waals surface area (Å²) in [4.78, 5) is 10.7. The van der Waals surface area contributed by atoms with Gasteiger partial charge in [0.2, 0.25) is 0 Å². The molecular formula is C11H9ClN2O4S. The molecular weight excluding hydrogens is 292 g/mol. The predicted molar refractivity (Wildman–Crippen MR) is 69.8 cm³/mol. The van der Waals surface area contributed by atoms with Gasteiger partial charge in [-0.3, -0.25) is 0 Å². The van der Waals surface area contributed by atoms with E-state index >= 15 is 0 Å². The molecule has 0 radical (unpaired) electrons. The molecule has 3 N–H and O–H groups in total. The summed E-state index contributed by atoms with van der Waals surface area (Å²) >= 11 is 5.74. The second kappa shape index (κ2) is 4.60. The minimum atomic E-state index is -4.10. The van der Waals surface area contributed by atoms with E-state index in [9.17, 15) is 13.2 Å². The van der Waals surface area contributed by atoms with Gasteiger partial charge in [-0.05, 0) is 30.3 Å². The molecule has 0 bridgehead atoms. The minimum absolute atomic E-state index is 0.00515. The summed E-state index contributed by atoms with van der Waals surface area (Å²) in [5, 5.41) is 9.14. The van der Waals surface area contributed by atoms with Crippen molar-refractivity contribution in [2.24, 2.45) is 0 Å².